The summed E-state index contributed by atoms with van der Waals surface area (Å²) >= 11 is 0. The van der Waals surface area contributed by atoms with Crippen LogP contribution in [0.25, 0.3) is 0 Å². The third-order valence-electron chi connectivity index (χ3n) is 16.1. The van der Waals surface area contributed by atoms with Crippen molar-refractivity contribution in [2.24, 2.45) is 0 Å². The monoisotopic (exact) mass is 1040 g/mol. The number of aliphatic hydroxyl groups is 2. The lowest BCUT2D eigenvalue weighted by molar-refractivity contribution is -0.143. The summed E-state index contributed by atoms with van der Waals surface area (Å²) in [6.07, 6.45) is 78.2. The Hall–Kier alpha value is -1.40. The highest BCUT2D eigenvalue weighted by Gasteiger charge is 2.20. The second-order valence-corrected chi connectivity index (χ2v) is 23.5. The fourth-order valence-corrected chi connectivity index (χ4v) is 10.9. The highest BCUT2D eigenvalue weighted by molar-refractivity contribution is 5.76. The van der Waals surface area contributed by atoms with Gasteiger partial charge in [-0.05, 0) is 51.4 Å². The molecule has 0 aromatic heterocycles. The molecule has 0 aliphatic heterocycles. The van der Waals surface area contributed by atoms with Crippen molar-refractivity contribution in [2.75, 3.05) is 13.2 Å². The van der Waals surface area contributed by atoms with E-state index in [1.54, 1.807) is 0 Å². The second-order valence-electron chi connectivity index (χ2n) is 23.5. The molecule has 0 aromatic carbocycles. The number of allylic oxidation sites excluding steroid dienone is 2. The Morgan fingerprint density at radius 2 is 0.635 bits per heavy atom. The van der Waals surface area contributed by atoms with Crippen molar-refractivity contribution in [3.63, 3.8) is 0 Å². The van der Waals surface area contributed by atoms with Gasteiger partial charge in [-0.3, -0.25) is 9.59 Å². The van der Waals surface area contributed by atoms with Crippen LogP contribution in [0, 0.1) is 0 Å². The summed E-state index contributed by atoms with van der Waals surface area (Å²) in [5.41, 5.74) is 0. The molecule has 0 heterocycles. The van der Waals surface area contributed by atoms with E-state index in [1.807, 2.05) is 0 Å². The predicted molar refractivity (Wildman–Crippen MR) is 324 cm³/mol. The van der Waals surface area contributed by atoms with Gasteiger partial charge in [-0.2, -0.15) is 0 Å². The molecule has 3 N–H and O–H groups in total. The number of rotatable bonds is 64. The highest BCUT2D eigenvalue weighted by atomic mass is 16.5. The molecular weight excluding hydrogens is 911 g/mol. The van der Waals surface area contributed by atoms with Crippen LogP contribution < -0.4 is 5.32 Å². The Bertz CT molecular complexity index is 1110. The van der Waals surface area contributed by atoms with Crippen molar-refractivity contribution < 1.29 is 24.5 Å². The first-order chi connectivity index (χ1) is 36.5. The summed E-state index contributed by atoms with van der Waals surface area (Å²) in [7, 11) is 0. The summed E-state index contributed by atoms with van der Waals surface area (Å²) in [5, 5.41) is 23.4. The number of amides is 1. The maximum absolute atomic E-state index is 12.5. The van der Waals surface area contributed by atoms with Crippen LogP contribution in [0.5, 0.6) is 0 Å². The van der Waals surface area contributed by atoms with Crippen LogP contribution in [0.1, 0.15) is 386 Å². The lowest BCUT2D eigenvalue weighted by atomic mass is 10.0. The molecule has 0 aliphatic carbocycles. The van der Waals surface area contributed by atoms with Crippen LogP contribution in [0.4, 0.5) is 0 Å². The first-order valence-electron chi connectivity index (χ1n) is 33.9. The van der Waals surface area contributed by atoms with Gasteiger partial charge >= 0.3 is 5.97 Å². The molecule has 0 saturated heterocycles. The standard InChI is InChI=1S/C68H133NO5/c1-3-5-7-9-11-13-15-17-18-19-20-28-31-34-37-40-44-48-52-56-60-66(71)65(64-70)69-67(72)61-57-53-49-45-41-38-35-32-29-26-24-22-21-23-25-27-30-33-36-39-43-47-51-55-59-63-74-68(73)62-58-54-50-46-42-16-14-12-10-8-6-4-2/h22,24,65-66,70-71H,3-21,23,25-64H2,1-2H3,(H,69,72)/b24-22-. The van der Waals surface area contributed by atoms with Crippen LogP contribution in [-0.2, 0) is 14.3 Å². The minimum Gasteiger partial charge on any atom is -0.466 e. The maximum Gasteiger partial charge on any atom is 0.305 e. The zero-order valence-electron chi connectivity index (χ0n) is 50.4. The quantitative estimate of drug-likeness (QED) is 0.0320. The maximum atomic E-state index is 12.5. The normalized spacial score (nSPS) is 12.5. The van der Waals surface area contributed by atoms with Crippen molar-refractivity contribution in [3.05, 3.63) is 12.2 Å². The third kappa shape index (κ3) is 59.8. The minimum absolute atomic E-state index is 0.0151. The van der Waals surface area contributed by atoms with Crippen LogP contribution >= 0.6 is 0 Å². The highest BCUT2D eigenvalue weighted by Crippen LogP contribution is 2.19. The molecule has 0 radical (unpaired) electrons. The van der Waals surface area contributed by atoms with Gasteiger partial charge in [-0.25, -0.2) is 0 Å². The van der Waals surface area contributed by atoms with E-state index in [2.05, 4.69) is 31.3 Å². The Morgan fingerprint density at radius 1 is 0.365 bits per heavy atom. The van der Waals surface area contributed by atoms with Gasteiger partial charge in [0.25, 0.3) is 0 Å². The molecule has 1 amide bonds. The summed E-state index contributed by atoms with van der Waals surface area (Å²) < 4.78 is 5.48. The van der Waals surface area contributed by atoms with E-state index in [0.29, 0.717) is 25.9 Å². The van der Waals surface area contributed by atoms with E-state index in [-0.39, 0.29) is 18.5 Å². The number of unbranched alkanes of at least 4 members (excludes halogenated alkanes) is 51. The minimum atomic E-state index is -0.666. The van der Waals surface area contributed by atoms with E-state index >= 15 is 0 Å². The largest absolute Gasteiger partial charge is 0.466 e. The fraction of sp³-hybridized carbons (Fsp3) is 0.941. The van der Waals surface area contributed by atoms with Crippen LogP contribution in [0.15, 0.2) is 12.2 Å². The Morgan fingerprint density at radius 3 is 0.959 bits per heavy atom. The van der Waals surface area contributed by atoms with Gasteiger partial charge in [-0.15, -0.1) is 0 Å². The van der Waals surface area contributed by atoms with Crippen LogP contribution in [-0.4, -0.2) is 47.4 Å². The van der Waals surface area contributed by atoms with E-state index in [0.717, 1.165) is 38.5 Å². The van der Waals surface area contributed by atoms with Gasteiger partial charge in [0.05, 0.1) is 25.4 Å². The SMILES string of the molecule is CCCCCCCCCCCCCCCCCCCCCCC(O)C(CO)NC(=O)CCCCCCCCCCC/C=C\CCCCCCCCCCCCCCOC(=O)CCCCCCCCCCCCCC. The number of ether oxygens (including phenoxy) is 1. The molecule has 0 bridgehead atoms. The molecule has 0 aromatic rings. The lowest BCUT2D eigenvalue weighted by Gasteiger charge is -2.22. The van der Waals surface area contributed by atoms with Crippen molar-refractivity contribution in [2.45, 2.75) is 398 Å². The van der Waals surface area contributed by atoms with E-state index in [1.165, 1.54) is 315 Å². The van der Waals surface area contributed by atoms with Gasteiger partial charge in [0.2, 0.25) is 5.91 Å². The van der Waals surface area contributed by atoms with Crippen LogP contribution in [0.2, 0.25) is 0 Å². The summed E-state index contributed by atoms with van der Waals surface area (Å²) in [6, 6.07) is -0.544. The average Bonchev–Trinajstić information content (AvgIpc) is 3.40. The first-order valence-corrected chi connectivity index (χ1v) is 33.9. The van der Waals surface area contributed by atoms with Gasteiger partial charge < -0.3 is 20.3 Å². The number of esters is 1. The number of aliphatic hydroxyl groups excluding tert-OH is 2. The number of carbonyl (C=O) groups excluding carboxylic acids is 2. The first kappa shape index (κ1) is 72.6. The van der Waals surface area contributed by atoms with E-state index in [9.17, 15) is 19.8 Å². The molecule has 6 nitrogen and oxygen atoms in total. The van der Waals surface area contributed by atoms with Crippen molar-refractivity contribution in [1.29, 1.82) is 0 Å². The van der Waals surface area contributed by atoms with Gasteiger partial charge in [0, 0.05) is 12.8 Å². The van der Waals surface area contributed by atoms with Gasteiger partial charge in [-0.1, -0.05) is 334 Å². The molecule has 2 unspecified atom stereocenters. The smallest absolute Gasteiger partial charge is 0.305 e. The number of hydrogen-bond donors (Lipinski definition) is 3. The molecular formula is C68H133NO5. The second kappa shape index (κ2) is 64.1. The number of hydrogen-bond acceptors (Lipinski definition) is 5. The van der Waals surface area contributed by atoms with Gasteiger partial charge in [0.15, 0.2) is 0 Å². The molecule has 74 heavy (non-hydrogen) atoms. The van der Waals surface area contributed by atoms with E-state index < -0.39 is 12.1 Å². The molecule has 0 fully saturated rings. The van der Waals surface area contributed by atoms with Crippen molar-refractivity contribution in [1.82, 2.24) is 5.32 Å². The van der Waals surface area contributed by atoms with Crippen molar-refractivity contribution in [3.8, 4) is 0 Å². The molecule has 0 aliphatic rings. The zero-order valence-corrected chi connectivity index (χ0v) is 50.4. The van der Waals surface area contributed by atoms with Gasteiger partial charge in [0.1, 0.15) is 0 Å². The molecule has 0 spiro atoms. The average molecular weight is 1040 g/mol. The molecule has 440 valence electrons. The molecule has 0 saturated carbocycles. The number of carbonyl (C=O) groups is 2. The van der Waals surface area contributed by atoms with Crippen molar-refractivity contribution >= 4 is 11.9 Å². The zero-order chi connectivity index (χ0) is 53.6. The van der Waals surface area contributed by atoms with Crippen LogP contribution in [0.3, 0.4) is 0 Å². The summed E-state index contributed by atoms with van der Waals surface area (Å²) in [4.78, 5) is 24.6. The Labute approximate surface area is 463 Å². The number of nitrogens with one attached hydrogen (secondary N) is 1. The third-order valence-corrected chi connectivity index (χ3v) is 16.1. The van der Waals surface area contributed by atoms with E-state index in [4.69, 9.17) is 4.74 Å². The summed E-state index contributed by atoms with van der Waals surface area (Å²) in [6.45, 7) is 4.99. The molecule has 6 heteroatoms. The predicted octanol–water partition coefficient (Wildman–Crippen LogP) is 21.6. The topological polar surface area (TPSA) is 95.9 Å². The lowest BCUT2D eigenvalue weighted by Crippen LogP contribution is -2.45. The Balaban J connectivity index is 3.39. The Kier molecular flexibility index (Phi) is 62.9. The summed E-state index contributed by atoms with van der Waals surface area (Å²) in [5.74, 6) is -0.0186. The molecule has 0 rings (SSSR count). The molecule has 2 atom stereocenters. The fourth-order valence-electron chi connectivity index (χ4n) is 10.9.